The van der Waals surface area contributed by atoms with Crippen LogP contribution in [0.15, 0.2) is 35.6 Å². The first-order valence-corrected chi connectivity index (χ1v) is 10.3. The third kappa shape index (κ3) is 5.81. The van der Waals surface area contributed by atoms with Crippen LogP contribution in [0.4, 0.5) is 39.5 Å². The quantitative estimate of drug-likeness (QED) is 0.482. The monoisotopic (exact) mass is 542 g/mol. The van der Waals surface area contributed by atoms with E-state index in [0.717, 1.165) is 36.7 Å². The van der Waals surface area contributed by atoms with Gasteiger partial charge in [0.05, 0.1) is 19.0 Å². The van der Waals surface area contributed by atoms with Crippen molar-refractivity contribution in [1.29, 1.82) is 0 Å². The molecule has 1 aliphatic heterocycles. The molecule has 0 saturated heterocycles. The summed E-state index contributed by atoms with van der Waals surface area (Å²) in [6.45, 7) is -0.376. The fourth-order valence-electron chi connectivity index (χ4n) is 3.14. The second-order valence-electron chi connectivity index (χ2n) is 8.41. The van der Waals surface area contributed by atoms with Crippen LogP contribution in [-0.4, -0.2) is 53.1 Å². The van der Waals surface area contributed by atoms with E-state index in [4.69, 9.17) is 10.5 Å². The normalized spacial score (nSPS) is 23.2. The number of benzene rings is 1. The van der Waals surface area contributed by atoms with Gasteiger partial charge in [0.2, 0.25) is 11.5 Å². The molecule has 0 saturated carbocycles. The number of ether oxygens (including phenoxy) is 2. The molecule has 0 fully saturated rings. The molecule has 0 bridgehead atoms. The average molecular weight is 542 g/mol. The van der Waals surface area contributed by atoms with Gasteiger partial charge in [0.1, 0.15) is 22.9 Å². The minimum atomic E-state index is -4.88. The van der Waals surface area contributed by atoms with Crippen LogP contribution in [0.25, 0.3) is 11.9 Å². The highest BCUT2D eigenvalue weighted by Gasteiger charge is 2.59. The fourth-order valence-corrected chi connectivity index (χ4v) is 3.14. The van der Waals surface area contributed by atoms with Gasteiger partial charge in [-0.1, -0.05) is 6.07 Å². The van der Waals surface area contributed by atoms with Crippen molar-refractivity contribution in [1.82, 2.24) is 9.97 Å². The molecule has 0 unspecified atom stereocenters. The number of alkyl halides is 7. The van der Waals surface area contributed by atoms with Gasteiger partial charge in [-0.2, -0.15) is 22.0 Å². The number of amidine groups is 1. The smallest absolute Gasteiger partial charge is 0.424 e. The van der Waals surface area contributed by atoms with Crippen LogP contribution in [0.5, 0.6) is 5.88 Å². The molecule has 1 aromatic carbocycles. The summed E-state index contributed by atoms with van der Waals surface area (Å²) in [6.07, 6.45) is -6.43. The Labute approximate surface area is 204 Å². The topological polar surface area (TPSA) is 82.6 Å². The molecule has 2 N–H and O–H groups in total. The van der Waals surface area contributed by atoms with E-state index in [1.807, 2.05) is 0 Å². The molecule has 6 nitrogen and oxygen atoms in total. The number of halogens is 9. The van der Waals surface area contributed by atoms with E-state index >= 15 is 0 Å². The summed E-state index contributed by atoms with van der Waals surface area (Å²) in [5.41, 5.74) is 0.417. The lowest BCUT2D eigenvalue weighted by Crippen LogP contribution is -2.60. The summed E-state index contributed by atoms with van der Waals surface area (Å²) in [5, 5.41) is 0. The van der Waals surface area contributed by atoms with Crippen molar-refractivity contribution in [3.63, 3.8) is 0 Å². The molecule has 1 aliphatic rings. The van der Waals surface area contributed by atoms with Gasteiger partial charge in [0, 0.05) is 5.56 Å². The third-order valence-electron chi connectivity index (χ3n) is 5.51. The molecular formula is C22H19F9N4O2. The summed E-state index contributed by atoms with van der Waals surface area (Å²) in [7, 11) is 0. The molecule has 2 heterocycles. The van der Waals surface area contributed by atoms with E-state index in [9.17, 15) is 39.5 Å². The van der Waals surface area contributed by atoms with Gasteiger partial charge in [-0.15, -0.1) is 0 Å². The highest BCUT2D eigenvalue weighted by molar-refractivity contribution is 5.90. The van der Waals surface area contributed by atoms with Gasteiger partial charge in [-0.25, -0.2) is 27.5 Å². The number of rotatable bonds is 7. The summed E-state index contributed by atoms with van der Waals surface area (Å²) in [6, 6.07) is 3.23. The Morgan fingerprint density at radius 1 is 1.16 bits per heavy atom. The number of hydrogen-bond acceptors (Lipinski definition) is 6. The highest BCUT2D eigenvalue weighted by Crippen LogP contribution is 2.41. The minimum absolute atomic E-state index is 0.0479. The molecule has 15 heteroatoms. The largest absolute Gasteiger partial charge is 0.470 e. The van der Waals surface area contributed by atoms with Crippen molar-refractivity contribution in [2.24, 2.45) is 10.7 Å². The molecular weight excluding hydrogens is 523 g/mol. The second-order valence-corrected chi connectivity index (χ2v) is 8.41. The first kappa shape index (κ1) is 28.2. The van der Waals surface area contributed by atoms with Crippen LogP contribution in [-0.2, 0) is 10.3 Å². The lowest BCUT2D eigenvalue weighted by Gasteiger charge is -2.41. The van der Waals surface area contributed by atoms with Gasteiger partial charge in [0.25, 0.3) is 0 Å². The van der Waals surface area contributed by atoms with Gasteiger partial charge >= 0.3 is 18.5 Å². The lowest BCUT2D eigenvalue weighted by molar-refractivity contribution is -0.249. The highest BCUT2D eigenvalue weighted by atomic mass is 19.4. The maximum atomic E-state index is 14.7. The van der Waals surface area contributed by atoms with Crippen molar-refractivity contribution in [2.75, 3.05) is 13.2 Å². The van der Waals surface area contributed by atoms with Crippen molar-refractivity contribution >= 4 is 17.7 Å². The van der Waals surface area contributed by atoms with Crippen LogP contribution in [0.2, 0.25) is 0 Å². The van der Waals surface area contributed by atoms with Crippen LogP contribution in [0.3, 0.4) is 0 Å². The zero-order valence-electron chi connectivity index (χ0n) is 19.1. The Morgan fingerprint density at radius 3 is 2.38 bits per heavy atom. The molecule has 202 valence electrons. The Hall–Kier alpha value is -3.36. The number of aromatic nitrogens is 2. The van der Waals surface area contributed by atoms with E-state index in [2.05, 4.69) is 19.7 Å². The maximum Gasteiger partial charge on any atom is 0.424 e. The summed E-state index contributed by atoms with van der Waals surface area (Å²) in [5.74, 6) is -7.78. The van der Waals surface area contributed by atoms with Crippen molar-refractivity contribution < 1.29 is 49.0 Å². The molecule has 37 heavy (non-hydrogen) atoms. The van der Waals surface area contributed by atoms with Crippen molar-refractivity contribution in [3.8, 4) is 5.88 Å². The standard InChI is InChI=1S/C22H19F9N4O2/c1-19(9-37-20(2,18(32)35-19)22(29,30)31)12-5-11(3-4-13(12)23)6-14(24)15-7-34-16(8-33-15)36-10-21(27,28)17(25)26/h3-8,17H,9-10H2,1-2H3,(H2,32,35)/b14-6-/t19-,20+/m0/s1. The van der Waals surface area contributed by atoms with Gasteiger partial charge in [-0.05, 0) is 37.6 Å². The van der Waals surface area contributed by atoms with Gasteiger partial charge < -0.3 is 15.2 Å². The van der Waals surface area contributed by atoms with Crippen molar-refractivity contribution in [2.45, 2.75) is 43.5 Å². The third-order valence-corrected chi connectivity index (χ3v) is 5.51. The minimum Gasteiger partial charge on any atom is -0.470 e. The zero-order valence-corrected chi connectivity index (χ0v) is 19.1. The molecule has 2 aromatic rings. The lowest BCUT2D eigenvalue weighted by atomic mass is 9.88. The fraction of sp³-hybridized carbons (Fsp3) is 0.409. The van der Waals surface area contributed by atoms with E-state index in [-0.39, 0.29) is 11.1 Å². The number of hydrogen-bond donors (Lipinski definition) is 1. The van der Waals surface area contributed by atoms with E-state index in [0.29, 0.717) is 6.92 Å². The molecule has 3 rings (SSSR count). The Morgan fingerprint density at radius 2 is 1.84 bits per heavy atom. The van der Waals surface area contributed by atoms with Crippen LogP contribution in [0.1, 0.15) is 30.7 Å². The van der Waals surface area contributed by atoms with E-state index < -0.39 is 71.9 Å². The Kier molecular flexibility index (Phi) is 7.50. The number of aliphatic imine (C=N–C) groups is 1. The first-order valence-electron chi connectivity index (χ1n) is 10.3. The van der Waals surface area contributed by atoms with E-state index in [1.165, 1.54) is 6.92 Å². The summed E-state index contributed by atoms with van der Waals surface area (Å²) < 4.78 is 129. The molecule has 0 radical (unpaired) electrons. The van der Waals surface area contributed by atoms with Crippen LogP contribution < -0.4 is 10.5 Å². The molecule has 1 aromatic heterocycles. The van der Waals surface area contributed by atoms with Gasteiger partial charge in [-0.3, -0.25) is 4.99 Å². The summed E-state index contributed by atoms with van der Waals surface area (Å²) >= 11 is 0. The van der Waals surface area contributed by atoms with Crippen LogP contribution >= 0.6 is 0 Å². The number of nitrogens with zero attached hydrogens (tertiary/aromatic N) is 3. The van der Waals surface area contributed by atoms with Crippen molar-refractivity contribution in [3.05, 3.63) is 53.2 Å². The Bertz CT molecular complexity index is 1200. The Balaban J connectivity index is 1.84. The average Bonchev–Trinajstić information content (AvgIpc) is 2.81. The predicted molar refractivity (Wildman–Crippen MR) is 113 cm³/mol. The zero-order chi connectivity index (χ0) is 27.8. The molecule has 0 amide bonds. The SMILES string of the molecule is C[C@@]1(c2cc(/C=C(\F)c3cnc(OCC(F)(F)C(F)F)cn3)ccc2F)CO[C@@](C)(C(F)(F)F)C(N)=N1. The maximum absolute atomic E-state index is 14.7. The molecule has 2 atom stereocenters. The summed E-state index contributed by atoms with van der Waals surface area (Å²) in [4.78, 5) is 11.0. The first-order chi connectivity index (χ1) is 17.0. The predicted octanol–water partition coefficient (Wildman–Crippen LogP) is 5.29. The second kappa shape index (κ2) is 9.84. The van der Waals surface area contributed by atoms with E-state index in [1.54, 1.807) is 0 Å². The molecule has 0 aliphatic carbocycles. The van der Waals surface area contributed by atoms with Crippen LogP contribution in [0, 0.1) is 5.82 Å². The number of nitrogens with two attached hydrogens (primary N) is 1. The molecule has 0 spiro atoms. The van der Waals surface area contributed by atoms with Gasteiger partial charge in [0.15, 0.2) is 12.4 Å².